The van der Waals surface area contributed by atoms with Gasteiger partial charge in [0.25, 0.3) is 0 Å². The van der Waals surface area contributed by atoms with Crippen LogP contribution in [0.25, 0.3) is 0 Å². The summed E-state index contributed by atoms with van der Waals surface area (Å²) in [5.41, 5.74) is 3.54. The summed E-state index contributed by atoms with van der Waals surface area (Å²) in [7, 11) is 3.99. The standard InChI is InChI=1S/C21H27N5O/c1-24(2)21-18-9-11-26(13-19(18)22-15-23-21)20(27)14-25-10-8-17(12-25)16-6-4-3-5-7-16/h3-7,15,17H,8-14H2,1-2H3/t17-/m0/s1. The zero-order valence-corrected chi connectivity index (χ0v) is 16.1. The lowest BCUT2D eigenvalue weighted by atomic mass is 9.99. The summed E-state index contributed by atoms with van der Waals surface area (Å²) in [6, 6.07) is 10.6. The van der Waals surface area contributed by atoms with E-state index in [1.165, 1.54) is 11.1 Å². The van der Waals surface area contributed by atoms with Crippen LogP contribution in [0.4, 0.5) is 5.82 Å². The Bertz CT molecular complexity index is 807. The number of carbonyl (C=O) groups excluding carboxylic acids is 1. The van der Waals surface area contributed by atoms with Crippen LogP contribution in [0.3, 0.4) is 0 Å². The van der Waals surface area contributed by atoms with Crippen LogP contribution in [0.1, 0.15) is 29.2 Å². The molecule has 142 valence electrons. The highest BCUT2D eigenvalue weighted by atomic mass is 16.2. The van der Waals surface area contributed by atoms with Gasteiger partial charge in [-0.2, -0.15) is 0 Å². The van der Waals surface area contributed by atoms with Crippen molar-refractivity contribution in [2.45, 2.75) is 25.3 Å². The number of benzene rings is 1. The Labute approximate surface area is 160 Å². The van der Waals surface area contributed by atoms with E-state index >= 15 is 0 Å². The fraction of sp³-hybridized carbons (Fsp3) is 0.476. The minimum absolute atomic E-state index is 0.208. The van der Waals surface area contributed by atoms with Crippen molar-refractivity contribution < 1.29 is 4.79 Å². The molecule has 1 aromatic heterocycles. The van der Waals surface area contributed by atoms with Crippen LogP contribution in [0.15, 0.2) is 36.7 Å². The fourth-order valence-electron chi connectivity index (χ4n) is 4.20. The van der Waals surface area contributed by atoms with E-state index in [0.29, 0.717) is 19.0 Å². The maximum atomic E-state index is 12.9. The normalized spacial score (nSPS) is 19.8. The molecule has 0 N–H and O–H groups in total. The molecule has 0 aliphatic carbocycles. The number of anilines is 1. The van der Waals surface area contributed by atoms with Crippen LogP contribution < -0.4 is 4.90 Å². The van der Waals surface area contributed by atoms with Crippen molar-refractivity contribution in [1.29, 1.82) is 0 Å². The molecule has 1 saturated heterocycles. The summed E-state index contributed by atoms with van der Waals surface area (Å²) in [5, 5.41) is 0. The Hall–Kier alpha value is -2.47. The largest absolute Gasteiger partial charge is 0.362 e. The molecule has 0 unspecified atom stereocenters. The maximum Gasteiger partial charge on any atom is 0.237 e. The first kappa shape index (κ1) is 17.9. The molecule has 6 heteroatoms. The first-order valence-corrected chi connectivity index (χ1v) is 9.67. The second-order valence-corrected chi connectivity index (χ2v) is 7.71. The van der Waals surface area contributed by atoms with Crippen LogP contribution >= 0.6 is 0 Å². The predicted octanol–water partition coefficient (Wildman–Crippen LogP) is 1.92. The van der Waals surface area contributed by atoms with E-state index in [0.717, 1.165) is 44.0 Å². The quantitative estimate of drug-likeness (QED) is 0.829. The van der Waals surface area contributed by atoms with Gasteiger partial charge in [0.1, 0.15) is 12.1 Å². The molecule has 6 nitrogen and oxygen atoms in total. The molecule has 1 fully saturated rings. The molecule has 27 heavy (non-hydrogen) atoms. The van der Waals surface area contributed by atoms with Crippen LogP contribution in [-0.4, -0.2) is 65.9 Å². The van der Waals surface area contributed by atoms with Gasteiger partial charge in [-0.3, -0.25) is 9.69 Å². The van der Waals surface area contributed by atoms with Crippen molar-refractivity contribution in [3.05, 3.63) is 53.5 Å². The summed E-state index contributed by atoms with van der Waals surface area (Å²) in [6.45, 7) is 3.80. The first-order valence-electron chi connectivity index (χ1n) is 9.67. The van der Waals surface area contributed by atoms with Crippen molar-refractivity contribution in [2.75, 3.05) is 45.2 Å². The minimum Gasteiger partial charge on any atom is -0.362 e. The molecule has 0 saturated carbocycles. The molecule has 1 atom stereocenters. The zero-order chi connectivity index (χ0) is 18.8. The third kappa shape index (κ3) is 3.81. The number of hydrogen-bond acceptors (Lipinski definition) is 5. The predicted molar refractivity (Wildman–Crippen MR) is 106 cm³/mol. The molecule has 2 aromatic rings. The highest BCUT2D eigenvalue weighted by Gasteiger charge is 2.29. The highest BCUT2D eigenvalue weighted by molar-refractivity contribution is 5.78. The van der Waals surface area contributed by atoms with E-state index in [-0.39, 0.29) is 5.91 Å². The number of aromatic nitrogens is 2. The number of amides is 1. The van der Waals surface area contributed by atoms with Gasteiger partial charge in [-0.15, -0.1) is 0 Å². The first-order chi connectivity index (χ1) is 13.1. The average Bonchev–Trinajstić information content (AvgIpc) is 3.16. The Kier molecular flexibility index (Phi) is 5.07. The lowest BCUT2D eigenvalue weighted by molar-refractivity contribution is -0.133. The number of hydrogen-bond donors (Lipinski definition) is 0. The molecule has 0 radical (unpaired) electrons. The second-order valence-electron chi connectivity index (χ2n) is 7.71. The van der Waals surface area contributed by atoms with Crippen molar-refractivity contribution in [3.63, 3.8) is 0 Å². The van der Waals surface area contributed by atoms with Gasteiger partial charge in [0, 0.05) is 32.7 Å². The third-order valence-electron chi connectivity index (χ3n) is 5.66. The molecule has 1 amide bonds. The van der Waals surface area contributed by atoms with E-state index in [4.69, 9.17) is 0 Å². The molecule has 3 heterocycles. The van der Waals surface area contributed by atoms with Gasteiger partial charge < -0.3 is 9.80 Å². The van der Waals surface area contributed by atoms with E-state index in [2.05, 4.69) is 45.2 Å². The number of rotatable bonds is 4. The highest BCUT2D eigenvalue weighted by Crippen LogP contribution is 2.28. The smallest absolute Gasteiger partial charge is 0.237 e. The molecule has 2 aliphatic rings. The Morgan fingerprint density at radius 1 is 1.19 bits per heavy atom. The van der Waals surface area contributed by atoms with E-state index in [1.54, 1.807) is 6.33 Å². The minimum atomic E-state index is 0.208. The number of carbonyl (C=O) groups is 1. The maximum absolute atomic E-state index is 12.9. The average molecular weight is 365 g/mol. The van der Waals surface area contributed by atoms with Crippen LogP contribution in [0, 0.1) is 0 Å². The van der Waals surface area contributed by atoms with Crippen LogP contribution in [-0.2, 0) is 17.8 Å². The van der Waals surface area contributed by atoms with E-state index < -0.39 is 0 Å². The molecule has 0 bridgehead atoms. The van der Waals surface area contributed by atoms with E-state index in [9.17, 15) is 4.79 Å². The number of nitrogens with zero attached hydrogens (tertiary/aromatic N) is 5. The summed E-state index contributed by atoms with van der Waals surface area (Å²) >= 11 is 0. The lowest BCUT2D eigenvalue weighted by Gasteiger charge is -2.31. The molecule has 2 aliphatic heterocycles. The molecule has 0 spiro atoms. The van der Waals surface area contributed by atoms with Crippen molar-refractivity contribution >= 4 is 11.7 Å². The summed E-state index contributed by atoms with van der Waals surface area (Å²) in [5.74, 6) is 1.72. The zero-order valence-electron chi connectivity index (χ0n) is 16.1. The Morgan fingerprint density at radius 3 is 2.78 bits per heavy atom. The summed E-state index contributed by atoms with van der Waals surface area (Å²) in [6.07, 6.45) is 3.55. The van der Waals surface area contributed by atoms with Gasteiger partial charge >= 0.3 is 0 Å². The van der Waals surface area contributed by atoms with E-state index in [1.807, 2.05) is 23.9 Å². The molecular formula is C21H27N5O. The third-order valence-corrected chi connectivity index (χ3v) is 5.66. The lowest BCUT2D eigenvalue weighted by Crippen LogP contribution is -2.42. The molecule has 4 rings (SSSR count). The van der Waals surface area contributed by atoms with Gasteiger partial charge in [-0.25, -0.2) is 9.97 Å². The summed E-state index contributed by atoms with van der Waals surface area (Å²) in [4.78, 5) is 27.9. The summed E-state index contributed by atoms with van der Waals surface area (Å²) < 4.78 is 0. The van der Waals surface area contributed by atoms with Crippen molar-refractivity contribution in [3.8, 4) is 0 Å². The van der Waals surface area contributed by atoms with Crippen LogP contribution in [0.2, 0.25) is 0 Å². The molecular weight excluding hydrogens is 338 g/mol. The Balaban J connectivity index is 1.37. The second kappa shape index (κ2) is 7.64. The van der Waals surface area contributed by atoms with Gasteiger partial charge in [0.15, 0.2) is 0 Å². The van der Waals surface area contributed by atoms with Gasteiger partial charge in [0.2, 0.25) is 5.91 Å². The van der Waals surface area contributed by atoms with Gasteiger partial charge in [-0.05, 0) is 30.9 Å². The van der Waals surface area contributed by atoms with Gasteiger partial charge in [-0.1, -0.05) is 30.3 Å². The van der Waals surface area contributed by atoms with Crippen molar-refractivity contribution in [2.24, 2.45) is 0 Å². The number of fused-ring (bicyclic) bond motifs is 1. The topological polar surface area (TPSA) is 52.6 Å². The monoisotopic (exact) mass is 365 g/mol. The number of likely N-dealkylation sites (tertiary alicyclic amines) is 1. The molecule has 1 aromatic carbocycles. The Morgan fingerprint density at radius 2 is 2.00 bits per heavy atom. The van der Waals surface area contributed by atoms with Crippen molar-refractivity contribution in [1.82, 2.24) is 19.8 Å². The van der Waals surface area contributed by atoms with Gasteiger partial charge in [0.05, 0.1) is 18.8 Å². The van der Waals surface area contributed by atoms with Crippen LogP contribution in [0.5, 0.6) is 0 Å². The fourth-order valence-corrected chi connectivity index (χ4v) is 4.20. The SMILES string of the molecule is CN(C)c1ncnc2c1CCN(C(=O)CN1CC[C@H](c3ccccc3)C1)C2.